The van der Waals surface area contributed by atoms with Gasteiger partial charge in [0.25, 0.3) is 0 Å². The Kier molecular flexibility index (Phi) is 3.90. The molecule has 2 aliphatic heterocycles. The summed E-state index contributed by atoms with van der Waals surface area (Å²) >= 11 is 0. The molecule has 5 rings (SSSR count). The molecule has 0 amide bonds. The van der Waals surface area contributed by atoms with Crippen LogP contribution in [0.1, 0.15) is 63.3 Å². The van der Waals surface area contributed by atoms with E-state index in [1.807, 2.05) is 0 Å². The van der Waals surface area contributed by atoms with Crippen LogP contribution < -0.4 is 14.2 Å². The first-order valence-corrected chi connectivity index (χ1v) is 9.58. The highest BCUT2D eigenvalue weighted by Gasteiger charge is 2.49. The van der Waals surface area contributed by atoms with Crippen LogP contribution in [0.3, 0.4) is 0 Å². The smallest absolute Gasteiger partial charge is 0.208 e. The molecule has 8 nitrogen and oxygen atoms in total. The monoisotopic (exact) mass is 412 g/mol. The fourth-order valence-corrected chi connectivity index (χ4v) is 4.51. The maximum absolute atomic E-state index is 13.4. The number of hydrogen-bond donors (Lipinski definition) is 2. The number of methoxy groups -OCH3 is 2. The summed E-state index contributed by atoms with van der Waals surface area (Å²) < 4.78 is 22.3. The predicted octanol–water partition coefficient (Wildman–Crippen LogP) is 2.51. The molecule has 0 spiro atoms. The number of benzene rings is 2. The molecule has 0 unspecified atom stereocenters. The van der Waals surface area contributed by atoms with Gasteiger partial charge in [0.2, 0.25) is 11.6 Å². The summed E-state index contributed by atoms with van der Waals surface area (Å²) in [5.74, 6) is -1.65. The first kappa shape index (κ1) is 18.9. The second-order valence-electron chi connectivity index (χ2n) is 7.85. The highest BCUT2D eigenvalue weighted by molar-refractivity contribution is 6.30. The molecule has 0 aromatic heterocycles. The Morgan fingerprint density at radius 1 is 1.07 bits per heavy atom. The number of ketones is 2. The number of carbonyl (C=O) groups is 2. The van der Waals surface area contributed by atoms with Crippen molar-refractivity contribution in [1.82, 2.24) is 0 Å². The third kappa shape index (κ3) is 2.41. The summed E-state index contributed by atoms with van der Waals surface area (Å²) in [6.45, 7) is 1.74. The molecule has 1 saturated heterocycles. The second kappa shape index (κ2) is 6.20. The molecule has 2 aromatic carbocycles. The van der Waals surface area contributed by atoms with Crippen LogP contribution in [0.4, 0.5) is 0 Å². The molecule has 3 aliphatic rings. The number of ether oxygens (including phenoxy) is 4. The van der Waals surface area contributed by atoms with Gasteiger partial charge in [-0.15, -0.1) is 0 Å². The van der Waals surface area contributed by atoms with Crippen LogP contribution in [0.15, 0.2) is 18.2 Å². The van der Waals surface area contributed by atoms with Crippen molar-refractivity contribution in [2.24, 2.45) is 0 Å². The normalized spacial score (nSPS) is 26.3. The molecular weight excluding hydrogens is 392 g/mol. The first-order chi connectivity index (χ1) is 14.3. The lowest BCUT2D eigenvalue weighted by Crippen LogP contribution is -2.48. The van der Waals surface area contributed by atoms with E-state index >= 15 is 0 Å². The van der Waals surface area contributed by atoms with Crippen molar-refractivity contribution in [3.8, 4) is 23.0 Å². The molecule has 2 heterocycles. The maximum atomic E-state index is 13.4. The molecule has 2 N–H and O–H groups in total. The van der Waals surface area contributed by atoms with Crippen molar-refractivity contribution in [2.75, 3.05) is 14.2 Å². The lowest BCUT2D eigenvalue weighted by molar-refractivity contribution is -0.270. The lowest BCUT2D eigenvalue weighted by Gasteiger charge is -2.46. The molecule has 0 saturated carbocycles. The molecular formula is C22H20O8. The number of hydrogen-bond acceptors (Lipinski definition) is 8. The van der Waals surface area contributed by atoms with Crippen LogP contribution >= 0.6 is 0 Å². The fraction of sp³-hybridized carbons (Fsp3) is 0.364. The van der Waals surface area contributed by atoms with E-state index in [2.05, 4.69) is 0 Å². The van der Waals surface area contributed by atoms with Gasteiger partial charge in [-0.2, -0.15) is 0 Å². The number of aliphatic hydroxyl groups is 1. The molecule has 2 aromatic rings. The van der Waals surface area contributed by atoms with Crippen molar-refractivity contribution < 1.29 is 38.7 Å². The quantitative estimate of drug-likeness (QED) is 0.660. The summed E-state index contributed by atoms with van der Waals surface area (Å²) in [6.07, 6.45) is -0.864. The molecule has 2 bridgehead atoms. The van der Waals surface area contributed by atoms with Gasteiger partial charge in [-0.3, -0.25) is 9.59 Å². The predicted molar refractivity (Wildman–Crippen MR) is 103 cm³/mol. The zero-order valence-corrected chi connectivity index (χ0v) is 16.6. The Labute approximate surface area is 171 Å². The summed E-state index contributed by atoms with van der Waals surface area (Å²) in [4.78, 5) is 26.7. The van der Waals surface area contributed by atoms with Gasteiger partial charge >= 0.3 is 0 Å². The van der Waals surface area contributed by atoms with Crippen molar-refractivity contribution in [3.05, 3.63) is 46.0 Å². The minimum absolute atomic E-state index is 0.0251. The van der Waals surface area contributed by atoms with Crippen LogP contribution in [-0.2, 0) is 4.74 Å². The second-order valence-corrected chi connectivity index (χ2v) is 7.85. The number of fused-ring (bicyclic) bond motifs is 6. The van der Waals surface area contributed by atoms with Crippen molar-refractivity contribution in [2.45, 2.75) is 37.8 Å². The zero-order valence-electron chi connectivity index (χ0n) is 16.6. The molecule has 156 valence electrons. The van der Waals surface area contributed by atoms with Crippen molar-refractivity contribution in [1.29, 1.82) is 0 Å². The van der Waals surface area contributed by atoms with Gasteiger partial charge in [-0.05, 0) is 18.6 Å². The van der Waals surface area contributed by atoms with Crippen LogP contribution in [0.25, 0.3) is 0 Å². The Balaban J connectivity index is 1.76. The van der Waals surface area contributed by atoms with Crippen LogP contribution in [-0.4, -0.2) is 47.9 Å². The number of rotatable bonds is 2. The van der Waals surface area contributed by atoms with Gasteiger partial charge < -0.3 is 29.2 Å². The third-order valence-electron chi connectivity index (χ3n) is 6.01. The minimum Gasteiger partial charge on any atom is -0.507 e. The van der Waals surface area contributed by atoms with E-state index in [4.69, 9.17) is 18.9 Å². The van der Waals surface area contributed by atoms with E-state index in [-0.39, 0.29) is 39.3 Å². The molecule has 3 atom stereocenters. The van der Waals surface area contributed by atoms with Crippen LogP contribution in [0.5, 0.6) is 23.0 Å². The van der Waals surface area contributed by atoms with Gasteiger partial charge in [-0.1, -0.05) is 0 Å². The van der Waals surface area contributed by atoms with E-state index in [1.54, 1.807) is 6.92 Å². The highest BCUT2D eigenvalue weighted by atomic mass is 16.7. The van der Waals surface area contributed by atoms with E-state index in [0.717, 1.165) is 0 Å². The van der Waals surface area contributed by atoms with Gasteiger partial charge in [0.05, 0.1) is 37.0 Å². The molecule has 8 heteroatoms. The average Bonchev–Trinajstić information content (AvgIpc) is 2.73. The Bertz CT molecular complexity index is 1120. The minimum atomic E-state index is -0.982. The first-order valence-electron chi connectivity index (χ1n) is 9.58. The van der Waals surface area contributed by atoms with E-state index in [9.17, 15) is 19.8 Å². The van der Waals surface area contributed by atoms with E-state index < -0.39 is 35.3 Å². The third-order valence-corrected chi connectivity index (χ3v) is 6.01. The molecule has 1 fully saturated rings. The number of phenolic OH excluding ortho intramolecular Hbond substituents is 1. The lowest BCUT2D eigenvalue weighted by atomic mass is 9.80. The number of phenols is 1. The van der Waals surface area contributed by atoms with E-state index in [0.29, 0.717) is 18.6 Å². The largest absolute Gasteiger partial charge is 0.507 e. The van der Waals surface area contributed by atoms with Crippen LogP contribution in [0.2, 0.25) is 0 Å². The molecule has 30 heavy (non-hydrogen) atoms. The topological polar surface area (TPSA) is 112 Å². The summed E-state index contributed by atoms with van der Waals surface area (Å²) in [5, 5.41) is 21.5. The van der Waals surface area contributed by atoms with Gasteiger partial charge in [0.1, 0.15) is 29.1 Å². The SMILES string of the molecule is COc1cc(OC)c2c(c1)C(=O)c1cc3c(c(O)c1C2=O)[C@H]1O[C@](C)(CC[C@@H]1O)O3. The summed E-state index contributed by atoms with van der Waals surface area (Å²) in [7, 11) is 2.83. The van der Waals surface area contributed by atoms with Gasteiger partial charge in [0, 0.05) is 30.5 Å². The summed E-state index contributed by atoms with van der Waals surface area (Å²) in [5.41, 5.74) is 0.232. The van der Waals surface area contributed by atoms with Crippen molar-refractivity contribution in [3.63, 3.8) is 0 Å². The molecule has 0 radical (unpaired) electrons. The van der Waals surface area contributed by atoms with Crippen molar-refractivity contribution >= 4 is 11.6 Å². The van der Waals surface area contributed by atoms with Gasteiger partial charge in [-0.25, -0.2) is 0 Å². The highest BCUT2D eigenvalue weighted by Crippen LogP contribution is 2.53. The fourth-order valence-electron chi connectivity index (χ4n) is 4.51. The van der Waals surface area contributed by atoms with E-state index in [1.165, 1.54) is 32.4 Å². The Morgan fingerprint density at radius 3 is 2.50 bits per heavy atom. The Hall–Kier alpha value is -3.10. The van der Waals surface area contributed by atoms with Crippen LogP contribution in [0, 0.1) is 0 Å². The Morgan fingerprint density at radius 2 is 1.80 bits per heavy atom. The summed E-state index contributed by atoms with van der Waals surface area (Å²) in [6, 6.07) is 4.43. The number of carbonyl (C=O) groups excluding carboxylic acids is 2. The zero-order chi connectivity index (χ0) is 21.4. The average molecular weight is 412 g/mol. The maximum Gasteiger partial charge on any atom is 0.208 e. The number of aliphatic hydroxyl groups excluding tert-OH is 1. The standard InChI is InChI=1S/C22H20O8/c1-22-5-4-12(23)21(30-22)17-14(29-22)8-11-16(20(17)26)19(25)15-10(18(11)24)6-9(27-2)7-13(15)28-3/h6-8,12,21,23,26H,4-5H2,1-3H3/t12-,21-,22+/m0/s1. The number of aromatic hydroxyl groups is 1. The van der Waals surface area contributed by atoms with Gasteiger partial charge in [0.15, 0.2) is 5.78 Å². The molecule has 1 aliphatic carbocycles.